The topological polar surface area (TPSA) is 147 Å². The second-order valence-corrected chi connectivity index (χ2v) is 7.42. The van der Waals surface area contributed by atoms with Gasteiger partial charge in [0.05, 0.1) is 4.92 Å². The highest BCUT2D eigenvalue weighted by molar-refractivity contribution is 7.86. The summed E-state index contributed by atoms with van der Waals surface area (Å²) in [6, 6.07) is 10.2. The summed E-state index contributed by atoms with van der Waals surface area (Å²) in [5.74, 6) is -0.779. The first-order valence-corrected chi connectivity index (χ1v) is 9.31. The highest BCUT2D eigenvalue weighted by Gasteiger charge is 2.19. The van der Waals surface area contributed by atoms with Crippen LogP contribution in [0.15, 0.2) is 53.4 Å². The summed E-state index contributed by atoms with van der Waals surface area (Å²) in [5, 5.41) is 23.5. The largest absolute Gasteiger partial charge is 0.508 e. The number of hydrogen-bond donors (Lipinski definition) is 3. The summed E-state index contributed by atoms with van der Waals surface area (Å²) >= 11 is 0. The number of phenolic OH excluding ortho intramolecular Hbond substituents is 1. The van der Waals surface area contributed by atoms with Crippen molar-refractivity contribution in [2.75, 3.05) is 5.32 Å². The fraction of sp³-hybridized carbons (Fsp3) is 0.0556. The van der Waals surface area contributed by atoms with Crippen molar-refractivity contribution in [1.82, 2.24) is 0 Å². The molecule has 9 nitrogen and oxygen atoms in total. The normalized spacial score (nSPS) is 11.4. The van der Waals surface area contributed by atoms with E-state index in [0.29, 0.717) is 5.56 Å². The fourth-order valence-corrected chi connectivity index (χ4v) is 3.53. The molecule has 0 aliphatic rings. The average Bonchev–Trinajstić information content (AvgIpc) is 2.60. The number of hydrogen-bond acceptors (Lipinski definition) is 6. The smallest absolute Gasteiger partial charge is 0.295 e. The number of phenols is 1. The van der Waals surface area contributed by atoms with Gasteiger partial charge in [0, 0.05) is 33.7 Å². The molecular weight excluding hydrogens is 388 g/mol. The zero-order valence-corrected chi connectivity index (χ0v) is 15.2. The van der Waals surface area contributed by atoms with Crippen LogP contribution in [-0.2, 0) is 10.1 Å². The van der Waals surface area contributed by atoms with Gasteiger partial charge in [-0.25, -0.2) is 0 Å². The Morgan fingerprint density at radius 3 is 2.39 bits per heavy atom. The number of nitrogens with zero attached hydrogens (tertiary/aromatic N) is 1. The molecule has 0 heterocycles. The van der Waals surface area contributed by atoms with Crippen LogP contribution in [0.1, 0.15) is 15.9 Å². The number of nitro groups is 1. The molecule has 10 heteroatoms. The van der Waals surface area contributed by atoms with Gasteiger partial charge in [-0.3, -0.25) is 19.5 Å². The number of benzene rings is 3. The maximum Gasteiger partial charge on any atom is 0.295 e. The standard InChI is InChI=1S/C18H14N2O7S/c1-10-8-11(2-6-16(10)20(23)24)18(22)19-15-5-7-17(28(25,26)27)14-9-12(21)3-4-13(14)15/h2-9,21H,1H3,(H,19,22)(H,25,26,27). The molecule has 0 saturated carbocycles. The summed E-state index contributed by atoms with van der Waals surface area (Å²) in [6.45, 7) is 1.51. The summed E-state index contributed by atoms with van der Waals surface area (Å²) in [6.07, 6.45) is 0. The number of aryl methyl sites for hydroxylation is 1. The maximum absolute atomic E-state index is 12.5. The Morgan fingerprint density at radius 1 is 1.07 bits per heavy atom. The van der Waals surface area contributed by atoms with Gasteiger partial charge in [0.2, 0.25) is 0 Å². The van der Waals surface area contributed by atoms with Crippen LogP contribution < -0.4 is 5.32 Å². The van der Waals surface area contributed by atoms with Gasteiger partial charge in [0.25, 0.3) is 21.7 Å². The number of carbonyl (C=O) groups excluding carboxylic acids is 1. The maximum atomic E-state index is 12.5. The number of rotatable bonds is 4. The predicted octanol–water partition coefficient (Wildman–Crippen LogP) is 3.26. The first-order valence-electron chi connectivity index (χ1n) is 7.87. The van der Waals surface area contributed by atoms with Crippen molar-refractivity contribution in [2.45, 2.75) is 11.8 Å². The van der Waals surface area contributed by atoms with Crippen LogP contribution in [0.4, 0.5) is 11.4 Å². The Hall–Kier alpha value is -3.50. The molecular formula is C18H14N2O7S. The van der Waals surface area contributed by atoms with Gasteiger partial charge >= 0.3 is 0 Å². The van der Waals surface area contributed by atoms with E-state index in [9.17, 15) is 33.0 Å². The van der Waals surface area contributed by atoms with E-state index in [-0.39, 0.29) is 33.5 Å². The van der Waals surface area contributed by atoms with Gasteiger partial charge in [-0.05, 0) is 49.4 Å². The van der Waals surface area contributed by atoms with Crippen molar-refractivity contribution in [3.8, 4) is 5.75 Å². The van der Waals surface area contributed by atoms with Crippen LogP contribution in [0.25, 0.3) is 10.8 Å². The fourth-order valence-electron chi connectivity index (χ4n) is 2.84. The van der Waals surface area contributed by atoms with Crippen molar-refractivity contribution in [2.24, 2.45) is 0 Å². The van der Waals surface area contributed by atoms with Crippen LogP contribution in [0.3, 0.4) is 0 Å². The molecule has 0 spiro atoms. The van der Waals surface area contributed by atoms with E-state index in [2.05, 4.69) is 5.32 Å². The number of nitrogens with one attached hydrogen (secondary N) is 1. The molecule has 0 fully saturated rings. The first-order chi connectivity index (χ1) is 13.1. The van der Waals surface area contributed by atoms with E-state index in [1.54, 1.807) is 0 Å². The number of nitro benzene ring substituents is 1. The summed E-state index contributed by atoms with van der Waals surface area (Å²) in [7, 11) is -4.55. The van der Waals surface area contributed by atoms with Gasteiger partial charge in [-0.1, -0.05) is 0 Å². The van der Waals surface area contributed by atoms with Crippen LogP contribution in [0.5, 0.6) is 5.75 Å². The average molecular weight is 402 g/mol. The quantitative estimate of drug-likeness (QED) is 0.345. The van der Waals surface area contributed by atoms with E-state index in [4.69, 9.17) is 0 Å². The number of aromatic hydroxyl groups is 1. The molecule has 0 saturated heterocycles. The van der Waals surface area contributed by atoms with E-state index >= 15 is 0 Å². The molecule has 0 aromatic heterocycles. The molecule has 28 heavy (non-hydrogen) atoms. The van der Waals surface area contributed by atoms with E-state index < -0.39 is 25.8 Å². The third-order valence-corrected chi connectivity index (χ3v) is 5.05. The third-order valence-electron chi connectivity index (χ3n) is 4.14. The lowest BCUT2D eigenvalue weighted by Crippen LogP contribution is -2.13. The Morgan fingerprint density at radius 2 is 1.79 bits per heavy atom. The molecule has 0 aliphatic carbocycles. The van der Waals surface area contributed by atoms with Crippen LogP contribution in [-0.4, -0.2) is 28.9 Å². The molecule has 3 aromatic rings. The Balaban J connectivity index is 2.05. The molecule has 0 bridgehead atoms. The van der Waals surface area contributed by atoms with Gasteiger partial charge in [-0.2, -0.15) is 8.42 Å². The van der Waals surface area contributed by atoms with Gasteiger partial charge in [0.1, 0.15) is 10.6 Å². The van der Waals surface area contributed by atoms with E-state index in [1.165, 1.54) is 43.3 Å². The zero-order valence-electron chi connectivity index (χ0n) is 14.4. The second kappa shape index (κ2) is 6.91. The highest BCUT2D eigenvalue weighted by Crippen LogP contribution is 2.32. The van der Waals surface area contributed by atoms with Crippen LogP contribution in [0.2, 0.25) is 0 Å². The minimum atomic E-state index is -4.55. The molecule has 0 aliphatic heterocycles. The van der Waals surface area contributed by atoms with Gasteiger partial charge in [0.15, 0.2) is 0 Å². The van der Waals surface area contributed by atoms with Crippen molar-refractivity contribution >= 4 is 38.2 Å². The summed E-state index contributed by atoms with van der Waals surface area (Å²) in [4.78, 5) is 22.5. The summed E-state index contributed by atoms with van der Waals surface area (Å²) in [5.41, 5.74) is 0.612. The molecule has 0 atom stereocenters. The molecule has 3 aromatic carbocycles. The van der Waals surface area contributed by atoms with Crippen molar-refractivity contribution in [1.29, 1.82) is 0 Å². The summed E-state index contributed by atoms with van der Waals surface area (Å²) < 4.78 is 32.5. The van der Waals surface area contributed by atoms with Gasteiger partial charge in [-0.15, -0.1) is 0 Å². The van der Waals surface area contributed by atoms with Crippen LogP contribution in [0, 0.1) is 17.0 Å². The number of amides is 1. The van der Waals surface area contributed by atoms with Gasteiger partial charge < -0.3 is 10.4 Å². The molecule has 0 radical (unpaired) electrons. The van der Waals surface area contributed by atoms with Crippen LogP contribution >= 0.6 is 0 Å². The molecule has 0 unspecified atom stereocenters. The minimum absolute atomic E-state index is 0.0279. The van der Waals surface area contributed by atoms with Crippen molar-refractivity contribution < 1.29 is 27.8 Å². The number of anilines is 1. The lowest BCUT2D eigenvalue weighted by Gasteiger charge is -2.12. The number of fused-ring (bicyclic) bond motifs is 1. The Bertz CT molecular complexity index is 1240. The minimum Gasteiger partial charge on any atom is -0.508 e. The zero-order chi connectivity index (χ0) is 20.6. The second-order valence-electron chi connectivity index (χ2n) is 6.03. The predicted molar refractivity (Wildman–Crippen MR) is 101 cm³/mol. The molecule has 3 N–H and O–H groups in total. The Labute approximate surface area is 159 Å². The lowest BCUT2D eigenvalue weighted by molar-refractivity contribution is -0.385. The lowest BCUT2D eigenvalue weighted by atomic mass is 10.1. The van der Waals surface area contributed by atoms with Crippen molar-refractivity contribution in [3.63, 3.8) is 0 Å². The molecule has 144 valence electrons. The monoisotopic (exact) mass is 402 g/mol. The SMILES string of the molecule is Cc1cc(C(=O)Nc2ccc(S(=O)(=O)O)c3cc(O)ccc23)ccc1[N+](=O)[O-]. The highest BCUT2D eigenvalue weighted by atomic mass is 32.2. The molecule has 1 amide bonds. The molecule has 3 rings (SSSR count). The first kappa shape index (κ1) is 19.3. The Kier molecular flexibility index (Phi) is 4.75. The van der Waals surface area contributed by atoms with Crippen molar-refractivity contribution in [3.05, 3.63) is 69.8 Å². The number of carbonyl (C=O) groups is 1. The van der Waals surface area contributed by atoms with E-state index in [1.807, 2.05) is 0 Å². The third kappa shape index (κ3) is 3.63. The van der Waals surface area contributed by atoms with E-state index in [0.717, 1.165) is 12.1 Å².